The molecule has 4 aromatic rings. The maximum absolute atomic E-state index is 15.0. The van der Waals surface area contributed by atoms with Crippen LogP contribution in [-0.4, -0.2) is 32.0 Å². The molecule has 1 N–H and O–H groups in total. The van der Waals surface area contributed by atoms with Gasteiger partial charge in [-0.05, 0) is 49.6 Å². The first-order valence-electron chi connectivity index (χ1n) is 12.7. The van der Waals surface area contributed by atoms with E-state index in [1.54, 1.807) is 42.8 Å². The summed E-state index contributed by atoms with van der Waals surface area (Å²) in [6.45, 7) is 5.61. The summed E-state index contributed by atoms with van der Waals surface area (Å²) in [7, 11) is 0. The molecule has 2 aromatic heterocycles. The zero-order chi connectivity index (χ0) is 29.1. The highest BCUT2D eigenvalue weighted by atomic mass is 19.4. The maximum atomic E-state index is 15.0. The number of carboxylic acid groups (broad SMARTS) is 1. The van der Waals surface area contributed by atoms with Gasteiger partial charge in [0, 0.05) is 30.3 Å². The summed E-state index contributed by atoms with van der Waals surface area (Å²) in [4.78, 5) is 21.2. The maximum Gasteiger partial charge on any atom is 0.573 e. The summed E-state index contributed by atoms with van der Waals surface area (Å²) in [5.41, 5.74) is 1.83. The van der Waals surface area contributed by atoms with Gasteiger partial charge >= 0.3 is 12.3 Å². The van der Waals surface area contributed by atoms with Crippen molar-refractivity contribution in [1.29, 1.82) is 0 Å². The predicted molar refractivity (Wildman–Crippen MR) is 140 cm³/mol. The summed E-state index contributed by atoms with van der Waals surface area (Å²) < 4.78 is 64.2. The van der Waals surface area contributed by atoms with Gasteiger partial charge in [0.05, 0.1) is 28.7 Å². The van der Waals surface area contributed by atoms with Crippen molar-refractivity contribution in [3.05, 3.63) is 83.2 Å². The second-order valence-corrected chi connectivity index (χ2v) is 9.65. The molecular weight excluding hydrogens is 530 g/mol. The number of nitrogens with zero attached hydrogens (tertiary/aromatic N) is 3. The molecule has 0 saturated carbocycles. The highest BCUT2D eigenvalue weighted by molar-refractivity contribution is 5.79. The minimum absolute atomic E-state index is 0.0738. The number of rotatable bonds is 11. The molecule has 0 aliphatic rings. The van der Waals surface area contributed by atoms with Crippen molar-refractivity contribution in [2.24, 2.45) is 5.41 Å². The van der Waals surface area contributed by atoms with Crippen molar-refractivity contribution in [2.75, 3.05) is 0 Å². The Kier molecular flexibility index (Phi) is 8.32. The lowest BCUT2D eigenvalue weighted by Crippen LogP contribution is -2.33. The van der Waals surface area contributed by atoms with Crippen molar-refractivity contribution in [2.45, 2.75) is 59.5 Å². The van der Waals surface area contributed by atoms with E-state index in [0.29, 0.717) is 41.5 Å². The van der Waals surface area contributed by atoms with E-state index in [1.807, 2.05) is 19.1 Å². The lowest BCUT2D eigenvalue weighted by atomic mass is 9.79. The van der Waals surface area contributed by atoms with Crippen molar-refractivity contribution in [3.8, 4) is 11.5 Å². The number of benzene rings is 2. The van der Waals surface area contributed by atoms with E-state index in [4.69, 9.17) is 4.74 Å². The molecule has 0 radical (unpaired) electrons. The number of halogens is 4. The number of aryl methyl sites for hydroxylation is 1. The van der Waals surface area contributed by atoms with Gasteiger partial charge in [0.15, 0.2) is 0 Å². The zero-order valence-electron chi connectivity index (χ0n) is 22.3. The third-order valence-electron chi connectivity index (χ3n) is 7.05. The molecule has 0 aliphatic carbocycles. The van der Waals surface area contributed by atoms with Gasteiger partial charge in [-0.2, -0.15) is 0 Å². The number of carboxylic acids is 1. The Labute approximate surface area is 228 Å². The Balaban J connectivity index is 1.73. The number of carbonyl (C=O) groups is 1. The number of ether oxygens (including phenoxy) is 2. The van der Waals surface area contributed by atoms with Crippen LogP contribution in [0.2, 0.25) is 0 Å². The largest absolute Gasteiger partial charge is 0.573 e. The molecule has 0 unspecified atom stereocenters. The fourth-order valence-corrected chi connectivity index (χ4v) is 4.50. The number of aromatic nitrogens is 3. The van der Waals surface area contributed by atoms with Crippen LogP contribution >= 0.6 is 0 Å². The molecule has 0 bridgehead atoms. The van der Waals surface area contributed by atoms with Crippen LogP contribution in [0, 0.1) is 18.2 Å². The summed E-state index contributed by atoms with van der Waals surface area (Å²) in [5.74, 6) is -1.64. The normalized spacial score (nSPS) is 12.1. The summed E-state index contributed by atoms with van der Waals surface area (Å²) in [6, 6.07) is 11.9. The van der Waals surface area contributed by atoms with Crippen LogP contribution in [0.3, 0.4) is 0 Å². The first-order chi connectivity index (χ1) is 18.9. The molecule has 11 heteroatoms. The number of fused-ring (bicyclic) bond motifs is 1. The van der Waals surface area contributed by atoms with Crippen LogP contribution in [0.15, 0.2) is 54.7 Å². The molecular formula is C29H29F4N3O4. The van der Waals surface area contributed by atoms with E-state index in [-0.39, 0.29) is 25.1 Å². The average molecular weight is 560 g/mol. The van der Waals surface area contributed by atoms with Gasteiger partial charge in [-0.15, -0.1) is 13.2 Å². The quantitative estimate of drug-likeness (QED) is 0.203. The van der Waals surface area contributed by atoms with Crippen LogP contribution in [0.5, 0.6) is 11.5 Å². The number of pyridine rings is 1. The Morgan fingerprint density at radius 1 is 1.02 bits per heavy atom. The fourth-order valence-electron chi connectivity index (χ4n) is 4.50. The second kappa shape index (κ2) is 11.5. The third kappa shape index (κ3) is 6.52. The minimum Gasteiger partial charge on any atom is -0.487 e. The molecule has 0 spiro atoms. The van der Waals surface area contributed by atoms with Crippen LogP contribution in [0.1, 0.15) is 49.3 Å². The first-order valence-corrected chi connectivity index (χ1v) is 12.7. The third-order valence-corrected chi connectivity index (χ3v) is 7.05. The monoisotopic (exact) mass is 559 g/mol. The summed E-state index contributed by atoms with van der Waals surface area (Å²) in [6.07, 6.45) is -2.45. The van der Waals surface area contributed by atoms with Gasteiger partial charge in [-0.25, -0.2) is 9.37 Å². The van der Waals surface area contributed by atoms with Gasteiger partial charge < -0.3 is 19.1 Å². The molecule has 0 fully saturated rings. The average Bonchev–Trinajstić information content (AvgIpc) is 3.23. The number of aliphatic carboxylic acids is 1. The SMILES string of the molecule is CCC(CC)(Cc1nc2ccc(OCc3ccc(C)cn3)cc2n1Cc1ccc(OC(F)(F)F)cc1F)C(=O)O. The topological polar surface area (TPSA) is 86.5 Å². The number of hydrogen-bond acceptors (Lipinski definition) is 5. The van der Waals surface area contributed by atoms with Crippen molar-refractivity contribution in [3.63, 3.8) is 0 Å². The molecule has 0 aliphatic heterocycles. The minimum atomic E-state index is -4.95. The van der Waals surface area contributed by atoms with Crippen LogP contribution < -0.4 is 9.47 Å². The highest BCUT2D eigenvalue weighted by Gasteiger charge is 2.37. The Morgan fingerprint density at radius 2 is 1.75 bits per heavy atom. The van der Waals surface area contributed by atoms with Gasteiger partial charge in [-0.3, -0.25) is 9.78 Å². The fraction of sp³-hybridized carbons (Fsp3) is 0.345. The molecule has 0 amide bonds. The van der Waals surface area contributed by atoms with Gasteiger partial charge in [0.2, 0.25) is 0 Å². The lowest BCUT2D eigenvalue weighted by Gasteiger charge is -2.26. The Hall–Kier alpha value is -4.15. The summed E-state index contributed by atoms with van der Waals surface area (Å²) >= 11 is 0. The van der Waals surface area contributed by atoms with Crippen molar-refractivity contribution < 1.29 is 36.9 Å². The van der Waals surface area contributed by atoms with Gasteiger partial charge in [0.25, 0.3) is 0 Å². The molecule has 2 aromatic carbocycles. The number of imidazole rings is 1. The molecule has 0 atom stereocenters. The van der Waals surface area contributed by atoms with E-state index >= 15 is 0 Å². The smallest absolute Gasteiger partial charge is 0.487 e. The zero-order valence-corrected chi connectivity index (χ0v) is 22.3. The van der Waals surface area contributed by atoms with E-state index in [1.165, 1.54) is 6.07 Å². The standard InChI is InChI=1S/C29H29F4N3O4/c1-4-28(5-2,27(37)38)14-26-35-24-11-10-21(39-17-20-8-6-18(3)15-34-20)13-25(24)36(26)16-19-7-9-22(12-23(19)30)40-29(31,32)33/h6-13,15H,4-5,14,16-17H2,1-3H3,(H,37,38). The van der Waals surface area contributed by atoms with Gasteiger partial charge in [-0.1, -0.05) is 26.0 Å². The molecule has 4 rings (SSSR count). The molecule has 2 heterocycles. The first kappa shape index (κ1) is 28.8. The second-order valence-electron chi connectivity index (χ2n) is 9.65. The van der Waals surface area contributed by atoms with E-state index < -0.39 is 29.3 Å². The van der Waals surface area contributed by atoms with Crippen LogP contribution in [0.4, 0.5) is 17.6 Å². The lowest BCUT2D eigenvalue weighted by molar-refractivity contribution is -0.274. The molecule has 0 saturated heterocycles. The molecule has 7 nitrogen and oxygen atoms in total. The highest BCUT2D eigenvalue weighted by Crippen LogP contribution is 2.34. The van der Waals surface area contributed by atoms with Crippen molar-refractivity contribution >= 4 is 17.0 Å². The number of alkyl halides is 3. The number of hydrogen-bond donors (Lipinski definition) is 1. The Bertz CT molecular complexity index is 1500. The Morgan fingerprint density at radius 3 is 2.35 bits per heavy atom. The van der Waals surface area contributed by atoms with Crippen molar-refractivity contribution in [1.82, 2.24) is 14.5 Å². The van der Waals surface area contributed by atoms with Crippen LogP contribution in [0.25, 0.3) is 11.0 Å². The predicted octanol–water partition coefficient (Wildman–Crippen LogP) is 6.84. The summed E-state index contributed by atoms with van der Waals surface area (Å²) in [5, 5.41) is 10.0. The van der Waals surface area contributed by atoms with E-state index in [9.17, 15) is 27.5 Å². The van der Waals surface area contributed by atoms with Crippen LogP contribution in [-0.2, 0) is 24.4 Å². The van der Waals surface area contributed by atoms with E-state index in [2.05, 4.69) is 14.7 Å². The van der Waals surface area contributed by atoms with Gasteiger partial charge in [0.1, 0.15) is 29.7 Å². The molecule has 212 valence electrons. The van der Waals surface area contributed by atoms with E-state index in [0.717, 1.165) is 17.3 Å². The molecule has 40 heavy (non-hydrogen) atoms.